The average Bonchev–Trinajstić information content (AvgIpc) is 3.22. The first-order valence-corrected chi connectivity index (χ1v) is 12.2. The second kappa shape index (κ2) is 9.62. The SMILES string of the molecule is O=C(O)C1CCN(CC2(c3ccccc3)CN(C3CCN(c4ccncc4)CC3)C(=O)O2)CC1. The summed E-state index contributed by atoms with van der Waals surface area (Å²) < 4.78 is 6.20. The van der Waals surface area contributed by atoms with Gasteiger partial charge in [0.15, 0.2) is 5.60 Å². The maximum atomic E-state index is 13.2. The first-order valence-electron chi connectivity index (χ1n) is 12.2. The molecule has 3 fully saturated rings. The standard InChI is InChI=1S/C26H32N4O4/c31-24(32)20-8-14-28(15-9-20)18-26(21-4-2-1-3-5-21)19-30(25(33)34-26)23-10-16-29(17-11-23)22-6-12-27-13-7-22/h1-7,12-13,20,23H,8-11,14-19H2,(H,31,32). The number of amides is 1. The summed E-state index contributed by atoms with van der Waals surface area (Å²) in [5, 5.41) is 9.34. The summed E-state index contributed by atoms with van der Waals surface area (Å²) in [7, 11) is 0. The molecule has 0 spiro atoms. The largest absolute Gasteiger partial charge is 0.481 e. The average molecular weight is 465 g/mol. The van der Waals surface area contributed by atoms with E-state index in [0.717, 1.165) is 31.5 Å². The van der Waals surface area contributed by atoms with E-state index in [1.165, 1.54) is 5.69 Å². The van der Waals surface area contributed by atoms with Crippen LogP contribution in [0.4, 0.5) is 10.5 Å². The van der Waals surface area contributed by atoms with E-state index in [1.54, 1.807) is 0 Å². The monoisotopic (exact) mass is 464 g/mol. The van der Waals surface area contributed by atoms with Crippen molar-refractivity contribution in [1.82, 2.24) is 14.8 Å². The van der Waals surface area contributed by atoms with Crippen LogP contribution in [0.15, 0.2) is 54.9 Å². The van der Waals surface area contributed by atoms with Gasteiger partial charge in [0, 0.05) is 43.8 Å². The summed E-state index contributed by atoms with van der Waals surface area (Å²) in [6, 6.07) is 14.2. The molecule has 1 amide bonds. The van der Waals surface area contributed by atoms with Crippen molar-refractivity contribution in [2.24, 2.45) is 5.92 Å². The Labute approximate surface area is 200 Å². The molecule has 180 valence electrons. The van der Waals surface area contributed by atoms with Crippen LogP contribution in [0.25, 0.3) is 0 Å². The van der Waals surface area contributed by atoms with E-state index in [4.69, 9.17) is 4.74 Å². The van der Waals surface area contributed by atoms with E-state index < -0.39 is 11.6 Å². The van der Waals surface area contributed by atoms with Crippen molar-refractivity contribution >= 4 is 17.7 Å². The van der Waals surface area contributed by atoms with E-state index in [1.807, 2.05) is 59.8 Å². The number of ether oxygens (including phenoxy) is 1. The molecule has 3 aliphatic heterocycles. The van der Waals surface area contributed by atoms with Crippen LogP contribution >= 0.6 is 0 Å². The molecule has 0 aliphatic carbocycles. The van der Waals surface area contributed by atoms with Crippen LogP contribution in [0.5, 0.6) is 0 Å². The van der Waals surface area contributed by atoms with Gasteiger partial charge in [0.25, 0.3) is 0 Å². The highest BCUT2D eigenvalue weighted by molar-refractivity contribution is 5.72. The van der Waals surface area contributed by atoms with Gasteiger partial charge in [0.05, 0.1) is 12.5 Å². The normalized spacial score (nSPS) is 24.9. The Kier molecular flexibility index (Phi) is 6.41. The molecule has 0 radical (unpaired) electrons. The first kappa shape index (κ1) is 22.7. The van der Waals surface area contributed by atoms with Crippen LogP contribution in [0, 0.1) is 5.92 Å². The smallest absolute Gasteiger partial charge is 0.411 e. The molecular weight excluding hydrogens is 432 g/mol. The maximum absolute atomic E-state index is 13.2. The van der Waals surface area contributed by atoms with Crippen LogP contribution in [0.3, 0.4) is 0 Å². The molecule has 1 atom stereocenters. The number of carbonyl (C=O) groups is 2. The van der Waals surface area contributed by atoms with Crippen molar-refractivity contribution in [2.45, 2.75) is 37.3 Å². The number of pyridine rings is 1. The van der Waals surface area contributed by atoms with Crippen molar-refractivity contribution in [3.05, 3.63) is 60.4 Å². The molecule has 8 heteroatoms. The van der Waals surface area contributed by atoms with Crippen molar-refractivity contribution < 1.29 is 19.4 Å². The molecule has 1 N–H and O–H groups in total. The van der Waals surface area contributed by atoms with Crippen molar-refractivity contribution in [2.75, 3.05) is 44.2 Å². The summed E-state index contributed by atoms with van der Waals surface area (Å²) in [5.41, 5.74) is 1.43. The van der Waals surface area contributed by atoms with E-state index in [-0.39, 0.29) is 18.1 Å². The number of hydrogen-bond donors (Lipinski definition) is 1. The van der Waals surface area contributed by atoms with Gasteiger partial charge in [-0.15, -0.1) is 0 Å². The second-order valence-electron chi connectivity index (χ2n) is 9.67. The van der Waals surface area contributed by atoms with Crippen LogP contribution in [-0.2, 0) is 15.1 Å². The summed E-state index contributed by atoms with van der Waals surface area (Å²) in [6.45, 7) is 4.29. The zero-order valence-corrected chi connectivity index (χ0v) is 19.4. The summed E-state index contributed by atoms with van der Waals surface area (Å²) in [6.07, 6.45) is 6.43. The topological polar surface area (TPSA) is 86.2 Å². The zero-order valence-electron chi connectivity index (χ0n) is 19.4. The Balaban J connectivity index is 1.29. The van der Waals surface area contributed by atoms with Crippen molar-refractivity contribution in [3.8, 4) is 0 Å². The molecule has 0 bridgehead atoms. The second-order valence-corrected chi connectivity index (χ2v) is 9.67. The van der Waals surface area contributed by atoms with E-state index in [2.05, 4.69) is 14.8 Å². The molecule has 34 heavy (non-hydrogen) atoms. The highest BCUT2D eigenvalue weighted by atomic mass is 16.6. The number of cyclic esters (lactones) is 1. The third-order valence-corrected chi connectivity index (χ3v) is 7.59. The zero-order chi connectivity index (χ0) is 23.5. The lowest BCUT2D eigenvalue weighted by molar-refractivity contribution is -0.143. The molecule has 3 saturated heterocycles. The number of aliphatic carboxylic acids is 1. The highest BCUT2D eigenvalue weighted by Gasteiger charge is 2.50. The number of aromatic nitrogens is 1. The summed E-state index contributed by atoms with van der Waals surface area (Å²) in [4.78, 5) is 35.2. The van der Waals surface area contributed by atoms with Gasteiger partial charge in [-0.05, 0) is 56.5 Å². The maximum Gasteiger partial charge on any atom is 0.411 e. The lowest BCUT2D eigenvalue weighted by Crippen LogP contribution is -2.49. The summed E-state index contributed by atoms with van der Waals surface area (Å²) in [5.74, 6) is -0.994. The van der Waals surface area contributed by atoms with Gasteiger partial charge in [0.2, 0.25) is 0 Å². The molecule has 5 rings (SSSR count). The fourth-order valence-corrected chi connectivity index (χ4v) is 5.63. The fourth-order valence-electron chi connectivity index (χ4n) is 5.63. The Morgan fingerprint density at radius 2 is 1.68 bits per heavy atom. The molecule has 8 nitrogen and oxygen atoms in total. The molecule has 1 aromatic heterocycles. The Morgan fingerprint density at radius 1 is 1.00 bits per heavy atom. The van der Waals surface area contributed by atoms with E-state index >= 15 is 0 Å². The number of benzene rings is 1. The number of piperidine rings is 2. The van der Waals surface area contributed by atoms with Gasteiger partial charge < -0.3 is 19.6 Å². The fraction of sp³-hybridized carbons (Fsp3) is 0.500. The molecule has 1 aromatic carbocycles. The number of carboxylic acid groups (broad SMARTS) is 1. The Hall–Kier alpha value is -3.13. The number of hydrogen-bond acceptors (Lipinski definition) is 6. The third kappa shape index (κ3) is 4.59. The molecular formula is C26H32N4O4. The lowest BCUT2D eigenvalue weighted by atomic mass is 9.90. The van der Waals surface area contributed by atoms with Crippen molar-refractivity contribution in [3.63, 3.8) is 0 Å². The number of anilines is 1. The summed E-state index contributed by atoms with van der Waals surface area (Å²) >= 11 is 0. The molecule has 1 unspecified atom stereocenters. The van der Waals surface area contributed by atoms with Gasteiger partial charge in [-0.25, -0.2) is 4.79 Å². The van der Waals surface area contributed by atoms with Gasteiger partial charge in [-0.3, -0.25) is 14.7 Å². The van der Waals surface area contributed by atoms with Gasteiger partial charge in [-0.1, -0.05) is 30.3 Å². The van der Waals surface area contributed by atoms with Crippen LogP contribution < -0.4 is 4.90 Å². The van der Waals surface area contributed by atoms with Crippen LogP contribution in [0.2, 0.25) is 0 Å². The number of nitrogens with zero attached hydrogens (tertiary/aromatic N) is 4. The highest BCUT2D eigenvalue weighted by Crippen LogP contribution is 2.38. The van der Waals surface area contributed by atoms with Gasteiger partial charge in [0.1, 0.15) is 0 Å². The number of rotatable bonds is 6. The first-order chi connectivity index (χ1) is 16.5. The number of likely N-dealkylation sites (tertiary alicyclic amines) is 1. The van der Waals surface area contributed by atoms with E-state index in [9.17, 15) is 14.7 Å². The van der Waals surface area contributed by atoms with Crippen molar-refractivity contribution in [1.29, 1.82) is 0 Å². The minimum Gasteiger partial charge on any atom is -0.481 e. The van der Waals surface area contributed by atoms with Gasteiger partial charge in [-0.2, -0.15) is 0 Å². The molecule has 4 heterocycles. The molecule has 2 aromatic rings. The third-order valence-electron chi connectivity index (χ3n) is 7.59. The Bertz CT molecular complexity index is 988. The van der Waals surface area contributed by atoms with Crippen LogP contribution in [-0.4, -0.2) is 77.3 Å². The number of carboxylic acids is 1. The predicted octanol–water partition coefficient (Wildman–Crippen LogP) is 3.19. The minimum absolute atomic E-state index is 0.147. The predicted molar refractivity (Wildman–Crippen MR) is 128 cm³/mol. The van der Waals surface area contributed by atoms with Crippen LogP contribution in [0.1, 0.15) is 31.2 Å². The molecule has 0 saturated carbocycles. The quantitative estimate of drug-likeness (QED) is 0.703. The number of carbonyl (C=O) groups excluding carboxylic acids is 1. The Morgan fingerprint density at radius 3 is 2.32 bits per heavy atom. The van der Waals surface area contributed by atoms with E-state index in [0.29, 0.717) is 39.0 Å². The van der Waals surface area contributed by atoms with Gasteiger partial charge >= 0.3 is 12.1 Å². The minimum atomic E-state index is -0.739. The molecule has 3 aliphatic rings. The lowest BCUT2D eigenvalue weighted by Gasteiger charge is -2.39.